The largest absolute Gasteiger partial charge is 0.475 e. The average molecular weight is 259 g/mol. The fourth-order valence-corrected chi connectivity index (χ4v) is 1.42. The molecule has 1 aromatic rings. The second-order valence-corrected chi connectivity index (χ2v) is 3.95. The predicted octanol–water partition coefficient (Wildman–Crippen LogP) is 2.93. The number of fused-ring (bicyclic) bond motifs is 1. The molecule has 0 saturated carbocycles. The summed E-state index contributed by atoms with van der Waals surface area (Å²) >= 11 is 3.40. The van der Waals surface area contributed by atoms with Gasteiger partial charge in [-0.25, -0.2) is 0 Å². The molecule has 0 aromatic heterocycles. The number of para-hydroxylation sites is 1. The van der Waals surface area contributed by atoms with Gasteiger partial charge in [-0.2, -0.15) is 0 Å². The molecule has 1 aliphatic heterocycles. The Morgan fingerprint density at radius 3 is 3.14 bits per heavy atom. The third-order valence-electron chi connectivity index (χ3n) is 1.94. The van der Waals surface area contributed by atoms with Crippen LogP contribution in [0, 0.1) is 0 Å². The van der Waals surface area contributed by atoms with Gasteiger partial charge in [0.05, 0.1) is 0 Å². The standard InChI is InChI=1S/C10H11BrO3/c1-2-9(11)14-8-5-3-4-7-10(8)13-6-12-7/h3-5,9H,2,6H2,1H3. The van der Waals surface area contributed by atoms with Gasteiger partial charge in [-0.05, 0) is 34.5 Å². The van der Waals surface area contributed by atoms with Crippen molar-refractivity contribution in [3.63, 3.8) is 0 Å². The first-order valence-electron chi connectivity index (χ1n) is 4.50. The van der Waals surface area contributed by atoms with Crippen LogP contribution in [0.4, 0.5) is 0 Å². The predicted molar refractivity (Wildman–Crippen MR) is 56.2 cm³/mol. The molecule has 0 N–H and O–H groups in total. The highest BCUT2D eigenvalue weighted by Crippen LogP contribution is 2.41. The Morgan fingerprint density at radius 1 is 1.50 bits per heavy atom. The van der Waals surface area contributed by atoms with Gasteiger partial charge < -0.3 is 14.2 Å². The Balaban J connectivity index is 2.22. The molecule has 1 heterocycles. The Hall–Kier alpha value is -0.900. The summed E-state index contributed by atoms with van der Waals surface area (Å²) in [4.78, 5) is 0. The van der Waals surface area contributed by atoms with Crippen molar-refractivity contribution >= 4 is 15.9 Å². The monoisotopic (exact) mass is 258 g/mol. The second-order valence-electron chi connectivity index (χ2n) is 2.93. The van der Waals surface area contributed by atoms with Crippen molar-refractivity contribution in [1.82, 2.24) is 0 Å². The van der Waals surface area contributed by atoms with Gasteiger partial charge in [0.15, 0.2) is 16.5 Å². The van der Waals surface area contributed by atoms with E-state index in [1.165, 1.54) is 0 Å². The van der Waals surface area contributed by atoms with Crippen LogP contribution in [0.3, 0.4) is 0 Å². The molecule has 0 fully saturated rings. The van der Waals surface area contributed by atoms with Gasteiger partial charge in [0.2, 0.25) is 12.5 Å². The van der Waals surface area contributed by atoms with E-state index in [1.54, 1.807) is 0 Å². The van der Waals surface area contributed by atoms with E-state index >= 15 is 0 Å². The summed E-state index contributed by atoms with van der Waals surface area (Å²) in [5.74, 6) is 2.17. The van der Waals surface area contributed by atoms with Crippen molar-refractivity contribution in [2.45, 2.75) is 18.4 Å². The number of ether oxygens (including phenoxy) is 3. The minimum absolute atomic E-state index is 0.0122. The lowest BCUT2D eigenvalue weighted by molar-refractivity contribution is 0.168. The fourth-order valence-electron chi connectivity index (χ4n) is 1.22. The molecule has 0 saturated heterocycles. The van der Waals surface area contributed by atoms with Crippen LogP contribution in [-0.4, -0.2) is 11.8 Å². The Kier molecular flexibility index (Phi) is 2.82. The number of benzene rings is 1. The first kappa shape index (κ1) is 9.65. The summed E-state index contributed by atoms with van der Waals surface area (Å²) < 4.78 is 16.2. The Bertz CT molecular complexity index is 327. The molecular weight excluding hydrogens is 248 g/mol. The highest BCUT2D eigenvalue weighted by molar-refractivity contribution is 9.09. The number of alkyl halides is 1. The maximum Gasteiger partial charge on any atom is 0.231 e. The van der Waals surface area contributed by atoms with Crippen molar-refractivity contribution in [2.24, 2.45) is 0 Å². The molecule has 0 bridgehead atoms. The molecule has 1 aliphatic rings. The molecule has 1 aromatic carbocycles. The van der Waals surface area contributed by atoms with E-state index in [2.05, 4.69) is 15.9 Å². The van der Waals surface area contributed by atoms with E-state index in [9.17, 15) is 0 Å². The normalized spacial score (nSPS) is 15.3. The summed E-state index contributed by atoms with van der Waals surface area (Å²) in [6.07, 6.45) is 0.893. The third-order valence-corrected chi connectivity index (χ3v) is 2.77. The van der Waals surface area contributed by atoms with Gasteiger partial charge in [0.1, 0.15) is 0 Å². The third kappa shape index (κ3) is 1.80. The van der Waals surface area contributed by atoms with Crippen LogP contribution in [0.25, 0.3) is 0 Å². The lowest BCUT2D eigenvalue weighted by Crippen LogP contribution is -2.06. The van der Waals surface area contributed by atoms with E-state index in [0.717, 1.165) is 17.9 Å². The first-order chi connectivity index (χ1) is 6.81. The van der Waals surface area contributed by atoms with Gasteiger partial charge in [-0.3, -0.25) is 0 Å². The number of rotatable bonds is 3. The summed E-state index contributed by atoms with van der Waals surface area (Å²) in [6.45, 7) is 2.31. The minimum Gasteiger partial charge on any atom is -0.475 e. The van der Waals surface area contributed by atoms with Crippen molar-refractivity contribution < 1.29 is 14.2 Å². The van der Waals surface area contributed by atoms with Crippen LogP contribution < -0.4 is 14.2 Å². The van der Waals surface area contributed by atoms with Gasteiger partial charge in [-0.1, -0.05) is 13.0 Å². The quantitative estimate of drug-likeness (QED) is 0.781. The average Bonchev–Trinajstić information content (AvgIpc) is 2.66. The van der Waals surface area contributed by atoms with Crippen LogP contribution in [0.1, 0.15) is 13.3 Å². The highest BCUT2D eigenvalue weighted by atomic mass is 79.9. The van der Waals surface area contributed by atoms with E-state index < -0.39 is 0 Å². The Labute approximate surface area is 91.1 Å². The zero-order chi connectivity index (χ0) is 9.97. The van der Waals surface area contributed by atoms with E-state index in [-0.39, 0.29) is 11.8 Å². The summed E-state index contributed by atoms with van der Waals surface area (Å²) in [6, 6.07) is 5.63. The molecule has 14 heavy (non-hydrogen) atoms. The van der Waals surface area contributed by atoms with Crippen molar-refractivity contribution in [1.29, 1.82) is 0 Å². The van der Waals surface area contributed by atoms with Crippen LogP contribution in [-0.2, 0) is 0 Å². The number of halogens is 1. The lowest BCUT2D eigenvalue weighted by atomic mass is 10.3. The van der Waals surface area contributed by atoms with Crippen LogP contribution >= 0.6 is 15.9 Å². The fraction of sp³-hybridized carbons (Fsp3) is 0.400. The molecule has 0 amide bonds. The molecule has 76 valence electrons. The molecule has 2 rings (SSSR count). The molecule has 0 radical (unpaired) electrons. The molecule has 0 spiro atoms. The summed E-state index contributed by atoms with van der Waals surface area (Å²) in [5, 5.41) is 0.0122. The number of hydrogen-bond acceptors (Lipinski definition) is 3. The molecular formula is C10H11BrO3. The van der Waals surface area contributed by atoms with E-state index in [1.807, 2.05) is 25.1 Å². The van der Waals surface area contributed by atoms with Crippen LogP contribution in [0.15, 0.2) is 18.2 Å². The number of hydrogen-bond donors (Lipinski definition) is 0. The van der Waals surface area contributed by atoms with Crippen LogP contribution in [0.5, 0.6) is 17.2 Å². The zero-order valence-electron chi connectivity index (χ0n) is 7.83. The molecule has 0 aliphatic carbocycles. The maximum absolute atomic E-state index is 5.62. The smallest absolute Gasteiger partial charge is 0.231 e. The molecule has 1 atom stereocenters. The molecule has 1 unspecified atom stereocenters. The van der Waals surface area contributed by atoms with E-state index in [0.29, 0.717) is 5.75 Å². The SMILES string of the molecule is CCC(Br)Oc1cccc2c1OCO2. The highest BCUT2D eigenvalue weighted by Gasteiger charge is 2.19. The van der Waals surface area contributed by atoms with Gasteiger partial charge in [-0.15, -0.1) is 0 Å². The summed E-state index contributed by atoms with van der Waals surface area (Å²) in [5.41, 5.74) is 0. The van der Waals surface area contributed by atoms with Crippen molar-refractivity contribution in [3.05, 3.63) is 18.2 Å². The van der Waals surface area contributed by atoms with E-state index in [4.69, 9.17) is 14.2 Å². The Morgan fingerprint density at radius 2 is 2.36 bits per heavy atom. The molecule has 3 nitrogen and oxygen atoms in total. The van der Waals surface area contributed by atoms with Crippen molar-refractivity contribution in [2.75, 3.05) is 6.79 Å². The topological polar surface area (TPSA) is 27.7 Å². The summed E-state index contributed by atoms with van der Waals surface area (Å²) in [7, 11) is 0. The van der Waals surface area contributed by atoms with Gasteiger partial charge in [0.25, 0.3) is 0 Å². The van der Waals surface area contributed by atoms with Gasteiger partial charge in [0, 0.05) is 0 Å². The minimum atomic E-state index is 0.0122. The lowest BCUT2D eigenvalue weighted by Gasteiger charge is -2.12. The first-order valence-corrected chi connectivity index (χ1v) is 5.42. The van der Waals surface area contributed by atoms with Crippen molar-refractivity contribution in [3.8, 4) is 17.2 Å². The second kappa shape index (κ2) is 4.09. The zero-order valence-corrected chi connectivity index (χ0v) is 9.41. The van der Waals surface area contributed by atoms with Crippen LogP contribution in [0.2, 0.25) is 0 Å². The van der Waals surface area contributed by atoms with Gasteiger partial charge >= 0.3 is 0 Å². The molecule has 4 heteroatoms. The maximum atomic E-state index is 5.62.